The Morgan fingerprint density at radius 1 is 1.30 bits per heavy atom. The molecule has 0 radical (unpaired) electrons. The summed E-state index contributed by atoms with van der Waals surface area (Å²) < 4.78 is 0. The van der Waals surface area contributed by atoms with Crippen LogP contribution in [0.1, 0.15) is 28.0 Å². The molecule has 0 saturated heterocycles. The van der Waals surface area contributed by atoms with Crippen LogP contribution in [0.4, 0.5) is 0 Å². The summed E-state index contributed by atoms with van der Waals surface area (Å²) in [4.78, 5) is 22.1. The molecule has 4 rings (SSSR count). The van der Waals surface area contributed by atoms with E-state index in [9.17, 15) is 4.79 Å². The molecule has 1 aliphatic carbocycles. The van der Waals surface area contributed by atoms with Gasteiger partial charge in [0.1, 0.15) is 4.83 Å². The first-order chi connectivity index (χ1) is 11.2. The number of fused-ring (bicyclic) bond motifs is 3. The number of aryl methyl sites for hydroxylation is 2. The summed E-state index contributed by atoms with van der Waals surface area (Å²) in [6.45, 7) is 0. The minimum atomic E-state index is -0.0169. The van der Waals surface area contributed by atoms with Crippen LogP contribution in [0.25, 0.3) is 10.2 Å². The molecule has 2 aromatic heterocycles. The van der Waals surface area contributed by atoms with E-state index >= 15 is 0 Å². The lowest BCUT2D eigenvalue weighted by Crippen LogP contribution is -2.09. The number of thioether (sulfide) groups is 1. The van der Waals surface area contributed by atoms with Gasteiger partial charge >= 0.3 is 0 Å². The highest BCUT2D eigenvalue weighted by Crippen LogP contribution is 2.35. The van der Waals surface area contributed by atoms with Crippen molar-refractivity contribution in [3.05, 3.63) is 56.2 Å². The van der Waals surface area contributed by atoms with E-state index in [0.29, 0.717) is 16.5 Å². The minimum Gasteiger partial charge on any atom is -0.301 e. The second-order valence-corrected chi connectivity index (χ2v) is 7.55. The number of benzene rings is 1. The lowest BCUT2D eigenvalue weighted by atomic mass is 10.2. The van der Waals surface area contributed by atoms with Crippen molar-refractivity contribution in [3.8, 4) is 6.07 Å². The lowest BCUT2D eigenvalue weighted by molar-refractivity contribution is 0.914. The van der Waals surface area contributed by atoms with E-state index in [-0.39, 0.29) is 5.56 Å². The zero-order valence-electron chi connectivity index (χ0n) is 12.3. The van der Waals surface area contributed by atoms with Gasteiger partial charge in [0.2, 0.25) is 0 Å². The molecule has 1 aliphatic rings. The molecular weight excluding hydrogens is 326 g/mol. The predicted molar refractivity (Wildman–Crippen MR) is 93.0 cm³/mol. The second kappa shape index (κ2) is 5.84. The van der Waals surface area contributed by atoms with E-state index in [2.05, 4.69) is 16.0 Å². The first kappa shape index (κ1) is 14.5. The molecule has 1 N–H and O–H groups in total. The number of hydrogen-bond acceptors (Lipinski definition) is 5. The van der Waals surface area contributed by atoms with Gasteiger partial charge in [-0.3, -0.25) is 4.79 Å². The number of nitriles is 1. The fourth-order valence-electron chi connectivity index (χ4n) is 2.88. The van der Waals surface area contributed by atoms with E-state index in [0.717, 1.165) is 35.0 Å². The predicted octanol–water partition coefficient (Wildman–Crippen LogP) is 3.64. The minimum absolute atomic E-state index is 0.0169. The first-order valence-corrected chi connectivity index (χ1v) is 9.21. The Balaban J connectivity index is 1.60. The highest BCUT2D eigenvalue weighted by Gasteiger charge is 2.21. The summed E-state index contributed by atoms with van der Waals surface area (Å²) in [6.07, 6.45) is 3.22. The topological polar surface area (TPSA) is 69.5 Å². The highest BCUT2D eigenvalue weighted by molar-refractivity contribution is 7.98. The van der Waals surface area contributed by atoms with Crippen LogP contribution in [-0.2, 0) is 18.6 Å². The molecule has 0 atom stereocenters. The highest BCUT2D eigenvalue weighted by atomic mass is 32.2. The zero-order chi connectivity index (χ0) is 15.8. The van der Waals surface area contributed by atoms with Gasteiger partial charge in [-0.2, -0.15) is 5.26 Å². The second-order valence-electron chi connectivity index (χ2n) is 5.51. The van der Waals surface area contributed by atoms with Crippen LogP contribution >= 0.6 is 23.1 Å². The Morgan fingerprint density at radius 3 is 2.91 bits per heavy atom. The third kappa shape index (κ3) is 2.67. The van der Waals surface area contributed by atoms with Gasteiger partial charge in [0.05, 0.1) is 17.0 Å². The maximum absolute atomic E-state index is 12.4. The van der Waals surface area contributed by atoms with E-state index in [1.54, 1.807) is 23.5 Å². The van der Waals surface area contributed by atoms with Crippen molar-refractivity contribution < 1.29 is 0 Å². The van der Waals surface area contributed by atoms with Crippen LogP contribution in [0.5, 0.6) is 0 Å². The number of rotatable bonds is 3. The van der Waals surface area contributed by atoms with Gasteiger partial charge in [-0.05, 0) is 42.5 Å². The Morgan fingerprint density at radius 2 is 2.13 bits per heavy atom. The van der Waals surface area contributed by atoms with Crippen LogP contribution in [0.2, 0.25) is 0 Å². The lowest BCUT2D eigenvalue weighted by Gasteiger charge is -2.02. The van der Waals surface area contributed by atoms with E-state index < -0.39 is 0 Å². The maximum atomic E-state index is 12.4. The Hall–Kier alpha value is -2.10. The van der Waals surface area contributed by atoms with Crippen LogP contribution in [0, 0.1) is 11.3 Å². The van der Waals surface area contributed by atoms with Crippen LogP contribution in [-0.4, -0.2) is 9.97 Å². The van der Waals surface area contributed by atoms with Crippen molar-refractivity contribution in [3.63, 3.8) is 0 Å². The quantitative estimate of drug-likeness (QED) is 0.584. The van der Waals surface area contributed by atoms with Crippen molar-refractivity contribution in [2.75, 3.05) is 0 Å². The fraction of sp³-hybridized carbons (Fsp3) is 0.235. The molecule has 4 nitrogen and oxygen atoms in total. The van der Waals surface area contributed by atoms with Gasteiger partial charge in [-0.1, -0.05) is 23.9 Å². The number of aromatic amines is 1. The number of aromatic nitrogens is 2. The van der Waals surface area contributed by atoms with Gasteiger partial charge in [0.25, 0.3) is 5.56 Å². The molecular formula is C17H13N3OS2. The first-order valence-electron chi connectivity index (χ1n) is 7.41. The molecule has 0 spiro atoms. The normalized spacial score (nSPS) is 13.2. The molecule has 2 heterocycles. The summed E-state index contributed by atoms with van der Waals surface area (Å²) >= 11 is 3.17. The molecule has 0 bridgehead atoms. The van der Waals surface area contributed by atoms with Gasteiger partial charge in [-0.25, -0.2) is 4.98 Å². The number of hydrogen-bond donors (Lipinski definition) is 1. The molecule has 1 aromatic carbocycles. The van der Waals surface area contributed by atoms with Crippen LogP contribution in [0.15, 0.2) is 34.2 Å². The summed E-state index contributed by atoms with van der Waals surface area (Å²) in [7, 11) is 0. The molecule has 0 saturated carbocycles. The summed E-state index contributed by atoms with van der Waals surface area (Å²) in [5.41, 5.74) is 2.95. The standard InChI is InChI=1S/C17H13N3OS2/c18-8-10-4-6-11(7-5-10)9-22-17-19-15(21)14-12-2-1-3-13(12)23-16(14)20-17/h4-7H,1-3,9H2,(H,19,20,21). The third-order valence-corrected chi connectivity index (χ3v) is 6.14. The average molecular weight is 339 g/mol. The SMILES string of the molecule is N#Cc1ccc(CSc2nc3sc4c(c3c(=O)[nH]2)CCC4)cc1. The smallest absolute Gasteiger partial charge is 0.260 e. The Bertz CT molecular complexity index is 980. The molecule has 0 amide bonds. The molecule has 3 aromatic rings. The molecule has 0 aliphatic heterocycles. The van der Waals surface area contributed by atoms with Gasteiger partial charge in [0.15, 0.2) is 5.16 Å². The number of nitrogens with zero attached hydrogens (tertiary/aromatic N) is 2. The average Bonchev–Trinajstić information content (AvgIpc) is 3.13. The zero-order valence-corrected chi connectivity index (χ0v) is 13.9. The van der Waals surface area contributed by atoms with Gasteiger partial charge < -0.3 is 4.98 Å². The number of thiophene rings is 1. The third-order valence-electron chi connectivity index (χ3n) is 4.01. The van der Waals surface area contributed by atoms with E-state index in [4.69, 9.17) is 5.26 Å². The monoisotopic (exact) mass is 339 g/mol. The number of H-pyrrole nitrogens is 1. The maximum Gasteiger partial charge on any atom is 0.260 e. The number of nitrogens with one attached hydrogen (secondary N) is 1. The van der Waals surface area contributed by atoms with Gasteiger partial charge in [0, 0.05) is 10.6 Å². The summed E-state index contributed by atoms with van der Waals surface area (Å²) in [5, 5.41) is 10.3. The largest absolute Gasteiger partial charge is 0.301 e. The molecule has 6 heteroatoms. The van der Waals surface area contributed by atoms with E-state index in [1.165, 1.54) is 22.2 Å². The van der Waals surface area contributed by atoms with Crippen LogP contribution < -0.4 is 5.56 Å². The summed E-state index contributed by atoms with van der Waals surface area (Å²) in [6, 6.07) is 9.58. The van der Waals surface area contributed by atoms with Crippen molar-refractivity contribution in [2.45, 2.75) is 30.2 Å². The van der Waals surface area contributed by atoms with Crippen LogP contribution in [0.3, 0.4) is 0 Å². The van der Waals surface area contributed by atoms with Crippen molar-refractivity contribution in [1.82, 2.24) is 9.97 Å². The molecule has 23 heavy (non-hydrogen) atoms. The Labute approximate surface area is 141 Å². The Kier molecular flexibility index (Phi) is 3.68. The van der Waals surface area contributed by atoms with Crippen molar-refractivity contribution >= 4 is 33.3 Å². The fourth-order valence-corrected chi connectivity index (χ4v) is 5.01. The summed E-state index contributed by atoms with van der Waals surface area (Å²) in [5.74, 6) is 0.714. The van der Waals surface area contributed by atoms with Crippen molar-refractivity contribution in [1.29, 1.82) is 5.26 Å². The van der Waals surface area contributed by atoms with Gasteiger partial charge in [-0.15, -0.1) is 11.3 Å². The van der Waals surface area contributed by atoms with Crippen molar-refractivity contribution in [2.24, 2.45) is 0 Å². The molecule has 0 unspecified atom stereocenters. The molecule has 114 valence electrons. The molecule has 0 fully saturated rings. The van der Waals surface area contributed by atoms with E-state index in [1.807, 2.05) is 12.1 Å².